The summed E-state index contributed by atoms with van der Waals surface area (Å²) < 4.78 is 13.5. The number of phenols is 1. The first-order valence-electron chi connectivity index (χ1n) is 4.99. The monoisotopic (exact) mass is 222 g/mol. The Labute approximate surface area is 91.8 Å². The van der Waals surface area contributed by atoms with Gasteiger partial charge >= 0.3 is 5.97 Å². The van der Waals surface area contributed by atoms with Crippen molar-refractivity contribution in [1.82, 2.24) is 0 Å². The minimum atomic E-state index is -2.00. The lowest BCUT2D eigenvalue weighted by Crippen LogP contribution is -2.18. The molecule has 0 amide bonds. The van der Waals surface area contributed by atoms with Crippen LogP contribution >= 0.6 is 0 Å². The second kappa shape index (κ2) is 3.96. The molecule has 4 heteroatoms. The SMILES string of the molecule is O=C(O)C(F)C1=CCCc2cc(O)ccc21. The fraction of sp³-hybridized carbons (Fsp3) is 0.250. The summed E-state index contributed by atoms with van der Waals surface area (Å²) in [6.45, 7) is 0. The molecule has 1 aliphatic carbocycles. The number of carboxylic acids is 1. The van der Waals surface area contributed by atoms with Gasteiger partial charge in [0.1, 0.15) is 5.75 Å². The van der Waals surface area contributed by atoms with E-state index in [1.807, 2.05) is 0 Å². The summed E-state index contributed by atoms with van der Waals surface area (Å²) in [6, 6.07) is 4.55. The van der Waals surface area contributed by atoms with E-state index in [0.29, 0.717) is 18.4 Å². The standard InChI is InChI=1S/C12H11FO3/c13-11(12(15)16)10-3-1-2-7-6-8(14)4-5-9(7)10/h3-6,11,14H,1-2H2,(H,15,16). The molecule has 1 aliphatic rings. The van der Waals surface area contributed by atoms with Crippen molar-refractivity contribution >= 4 is 11.5 Å². The number of halogens is 1. The van der Waals surface area contributed by atoms with E-state index in [2.05, 4.69) is 0 Å². The van der Waals surface area contributed by atoms with Crippen LogP contribution < -0.4 is 0 Å². The first-order valence-corrected chi connectivity index (χ1v) is 4.99. The number of hydrogen-bond acceptors (Lipinski definition) is 2. The largest absolute Gasteiger partial charge is 0.508 e. The van der Waals surface area contributed by atoms with Crippen molar-refractivity contribution in [2.45, 2.75) is 19.0 Å². The lowest BCUT2D eigenvalue weighted by atomic mass is 9.88. The number of alkyl halides is 1. The minimum absolute atomic E-state index is 0.116. The molecule has 0 bridgehead atoms. The molecule has 0 saturated carbocycles. The second-order valence-electron chi connectivity index (χ2n) is 3.74. The first-order chi connectivity index (χ1) is 7.59. The van der Waals surface area contributed by atoms with Crippen LogP contribution in [0.15, 0.2) is 24.3 Å². The highest BCUT2D eigenvalue weighted by molar-refractivity contribution is 5.91. The molecule has 1 aromatic carbocycles. The van der Waals surface area contributed by atoms with Crippen LogP contribution in [0.4, 0.5) is 4.39 Å². The van der Waals surface area contributed by atoms with E-state index in [4.69, 9.17) is 5.11 Å². The van der Waals surface area contributed by atoms with E-state index < -0.39 is 12.1 Å². The summed E-state index contributed by atoms with van der Waals surface area (Å²) in [7, 11) is 0. The maximum Gasteiger partial charge on any atom is 0.343 e. The molecule has 0 aromatic heterocycles. The van der Waals surface area contributed by atoms with Gasteiger partial charge in [0.25, 0.3) is 0 Å². The Bertz CT molecular complexity index is 465. The fourth-order valence-electron chi connectivity index (χ4n) is 1.93. The van der Waals surface area contributed by atoms with Crippen molar-refractivity contribution in [3.05, 3.63) is 35.4 Å². The van der Waals surface area contributed by atoms with Crippen molar-refractivity contribution in [3.63, 3.8) is 0 Å². The summed E-state index contributed by atoms with van der Waals surface area (Å²) in [5, 5.41) is 17.9. The van der Waals surface area contributed by atoms with Crippen molar-refractivity contribution in [2.24, 2.45) is 0 Å². The molecule has 1 aromatic rings. The number of carbonyl (C=O) groups is 1. The maximum atomic E-state index is 13.5. The van der Waals surface area contributed by atoms with Crippen LogP contribution in [-0.4, -0.2) is 22.4 Å². The molecule has 1 atom stereocenters. The smallest absolute Gasteiger partial charge is 0.343 e. The van der Waals surface area contributed by atoms with Crippen molar-refractivity contribution < 1.29 is 19.4 Å². The Hall–Kier alpha value is -1.84. The van der Waals surface area contributed by atoms with Crippen LogP contribution in [0.25, 0.3) is 5.57 Å². The van der Waals surface area contributed by atoms with Gasteiger partial charge in [0.2, 0.25) is 6.17 Å². The van der Waals surface area contributed by atoms with E-state index in [1.54, 1.807) is 18.2 Å². The quantitative estimate of drug-likeness (QED) is 0.806. The van der Waals surface area contributed by atoms with E-state index >= 15 is 0 Å². The number of benzene rings is 1. The van der Waals surface area contributed by atoms with Gasteiger partial charge in [-0.25, -0.2) is 9.18 Å². The number of aliphatic carboxylic acids is 1. The lowest BCUT2D eigenvalue weighted by Gasteiger charge is -2.18. The van der Waals surface area contributed by atoms with Crippen molar-refractivity contribution in [1.29, 1.82) is 0 Å². The molecule has 0 saturated heterocycles. The molecule has 0 radical (unpaired) electrons. The second-order valence-corrected chi connectivity index (χ2v) is 3.74. The Kier molecular flexibility index (Phi) is 2.64. The van der Waals surface area contributed by atoms with Gasteiger partial charge in [-0.1, -0.05) is 12.1 Å². The Morgan fingerprint density at radius 2 is 2.19 bits per heavy atom. The van der Waals surface area contributed by atoms with Crippen molar-refractivity contribution in [2.75, 3.05) is 0 Å². The average Bonchev–Trinajstić information content (AvgIpc) is 2.26. The van der Waals surface area contributed by atoms with Gasteiger partial charge < -0.3 is 10.2 Å². The van der Waals surface area contributed by atoms with Gasteiger partial charge in [-0.3, -0.25) is 0 Å². The Balaban J connectivity index is 2.44. The van der Waals surface area contributed by atoms with Gasteiger partial charge in [-0.2, -0.15) is 0 Å². The van der Waals surface area contributed by atoms with E-state index in [-0.39, 0.29) is 11.3 Å². The number of allylic oxidation sites excluding steroid dienone is 1. The Morgan fingerprint density at radius 1 is 1.44 bits per heavy atom. The summed E-state index contributed by atoms with van der Waals surface area (Å²) >= 11 is 0. The first kappa shape index (κ1) is 10.7. The van der Waals surface area contributed by atoms with Crippen LogP contribution in [0.5, 0.6) is 5.75 Å². The molecule has 0 fully saturated rings. The predicted octanol–water partition coefficient (Wildman–Crippen LogP) is 2.14. The summed E-state index contributed by atoms with van der Waals surface area (Å²) in [4.78, 5) is 10.6. The molecule has 0 spiro atoms. The molecular weight excluding hydrogens is 211 g/mol. The third-order valence-electron chi connectivity index (χ3n) is 2.67. The van der Waals surface area contributed by atoms with Gasteiger partial charge in [0.05, 0.1) is 0 Å². The van der Waals surface area contributed by atoms with E-state index in [0.717, 1.165) is 5.56 Å². The minimum Gasteiger partial charge on any atom is -0.508 e. The van der Waals surface area contributed by atoms with Gasteiger partial charge in [0, 0.05) is 5.57 Å². The summed E-state index contributed by atoms with van der Waals surface area (Å²) in [5.74, 6) is -1.36. The molecule has 84 valence electrons. The summed E-state index contributed by atoms with van der Waals surface area (Å²) in [5.41, 5.74) is 1.56. The Morgan fingerprint density at radius 3 is 2.88 bits per heavy atom. The number of aromatic hydroxyl groups is 1. The normalized spacial score (nSPS) is 16.2. The number of hydrogen-bond donors (Lipinski definition) is 2. The average molecular weight is 222 g/mol. The van der Waals surface area contributed by atoms with Gasteiger partial charge in [-0.15, -0.1) is 0 Å². The number of carboxylic acid groups (broad SMARTS) is 1. The van der Waals surface area contributed by atoms with Crippen LogP contribution in [-0.2, 0) is 11.2 Å². The zero-order chi connectivity index (χ0) is 11.7. The maximum absolute atomic E-state index is 13.5. The number of fused-ring (bicyclic) bond motifs is 1. The zero-order valence-electron chi connectivity index (χ0n) is 8.48. The topological polar surface area (TPSA) is 57.5 Å². The van der Waals surface area contributed by atoms with Gasteiger partial charge in [-0.05, 0) is 36.1 Å². The molecule has 1 unspecified atom stereocenters. The van der Waals surface area contributed by atoms with Crippen LogP contribution in [0, 0.1) is 0 Å². The fourth-order valence-corrected chi connectivity index (χ4v) is 1.93. The lowest BCUT2D eigenvalue weighted by molar-refractivity contribution is -0.140. The molecular formula is C12H11FO3. The number of phenolic OH excluding ortho intramolecular Hbond substituents is 1. The summed E-state index contributed by atoms with van der Waals surface area (Å²) in [6.07, 6.45) is 0.903. The number of rotatable bonds is 2. The molecule has 2 rings (SSSR count). The molecule has 0 aliphatic heterocycles. The third-order valence-corrected chi connectivity index (χ3v) is 2.67. The highest BCUT2D eigenvalue weighted by atomic mass is 19.1. The zero-order valence-corrected chi connectivity index (χ0v) is 8.48. The van der Waals surface area contributed by atoms with E-state index in [9.17, 15) is 14.3 Å². The van der Waals surface area contributed by atoms with Crippen LogP contribution in [0.1, 0.15) is 17.5 Å². The van der Waals surface area contributed by atoms with E-state index in [1.165, 1.54) is 6.07 Å². The van der Waals surface area contributed by atoms with Crippen molar-refractivity contribution in [3.8, 4) is 5.75 Å². The van der Waals surface area contributed by atoms with Gasteiger partial charge in [0.15, 0.2) is 0 Å². The third kappa shape index (κ3) is 1.78. The predicted molar refractivity (Wildman–Crippen MR) is 56.9 cm³/mol. The molecule has 16 heavy (non-hydrogen) atoms. The highest BCUT2D eigenvalue weighted by Crippen LogP contribution is 2.32. The molecule has 0 heterocycles. The van der Waals surface area contributed by atoms with Crippen LogP contribution in [0.2, 0.25) is 0 Å². The van der Waals surface area contributed by atoms with Crippen LogP contribution in [0.3, 0.4) is 0 Å². The molecule has 3 nitrogen and oxygen atoms in total. The molecule has 2 N–H and O–H groups in total. The number of aryl methyl sites for hydroxylation is 1. The highest BCUT2D eigenvalue weighted by Gasteiger charge is 2.26.